The third-order valence-corrected chi connectivity index (χ3v) is 5.95. The van der Waals surface area contributed by atoms with Gasteiger partial charge >= 0.3 is 0 Å². The second kappa shape index (κ2) is 9.26. The minimum absolute atomic E-state index is 0.0351. The molecule has 3 rings (SSSR count). The van der Waals surface area contributed by atoms with Crippen LogP contribution in [0.25, 0.3) is 5.65 Å². The van der Waals surface area contributed by atoms with E-state index in [2.05, 4.69) is 25.0 Å². The van der Waals surface area contributed by atoms with E-state index in [4.69, 9.17) is 5.73 Å². The van der Waals surface area contributed by atoms with Crippen LogP contribution >= 0.6 is 11.8 Å². The Morgan fingerprint density at radius 1 is 1.21 bits per heavy atom. The summed E-state index contributed by atoms with van der Waals surface area (Å²) >= 11 is 1.72. The van der Waals surface area contributed by atoms with Crippen molar-refractivity contribution in [2.75, 3.05) is 13.6 Å². The van der Waals surface area contributed by atoms with Crippen LogP contribution < -0.4 is 5.73 Å². The summed E-state index contributed by atoms with van der Waals surface area (Å²) in [5, 5.41) is 0. The van der Waals surface area contributed by atoms with E-state index >= 15 is 0 Å². The maximum Gasteiger partial charge on any atom is 0.253 e. The molecule has 0 aliphatic heterocycles. The molecule has 1 unspecified atom stereocenters. The highest BCUT2D eigenvalue weighted by Gasteiger charge is 2.14. The SMILES string of the molecule is CC(C)C(N)CCN(C)C(=O)c1ccc(SCc2cn3ccccc3n2)cc1. The summed E-state index contributed by atoms with van der Waals surface area (Å²) in [5.74, 6) is 1.25. The zero-order valence-corrected chi connectivity index (χ0v) is 17.5. The van der Waals surface area contributed by atoms with Gasteiger partial charge in [-0.15, -0.1) is 11.8 Å². The predicted molar refractivity (Wildman–Crippen MR) is 116 cm³/mol. The van der Waals surface area contributed by atoms with Crippen molar-refractivity contribution in [2.24, 2.45) is 11.7 Å². The quantitative estimate of drug-likeness (QED) is 0.583. The maximum absolute atomic E-state index is 12.6. The van der Waals surface area contributed by atoms with Crippen LogP contribution in [0.3, 0.4) is 0 Å². The minimum Gasteiger partial charge on any atom is -0.342 e. The lowest BCUT2D eigenvalue weighted by atomic mass is 10.0. The summed E-state index contributed by atoms with van der Waals surface area (Å²) in [6, 6.07) is 13.9. The highest BCUT2D eigenvalue weighted by molar-refractivity contribution is 7.98. The Hall–Kier alpha value is -2.31. The number of amides is 1. The molecule has 0 aliphatic rings. The molecule has 1 aromatic carbocycles. The fourth-order valence-electron chi connectivity index (χ4n) is 2.91. The Labute approximate surface area is 170 Å². The fraction of sp³-hybridized carbons (Fsp3) is 0.364. The molecule has 28 heavy (non-hydrogen) atoms. The molecule has 0 saturated heterocycles. The van der Waals surface area contributed by atoms with E-state index < -0.39 is 0 Å². The summed E-state index contributed by atoms with van der Waals surface area (Å²) in [7, 11) is 1.83. The molecule has 5 nitrogen and oxygen atoms in total. The molecule has 2 heterocycles. The molecule has 6 heteroatoms. The van der Waals surface area contributed by atoms with Crippen molar-refractivity contribution in [2.45, 2.75) is 37.0 Å². The zero-order chi connectivity index (χ0) is 20.1. The van der Waals surface area contributed by atoms with E-state index in [0.717, 1.165) is 28.4 Å². The Kier molecular flexibility index (Phi) is 6.75. The number of carbonyl (C=O) groups is 1. The van der Waals surface area contributed by atoms with E-state index in [1.807, 2.05) is 60.1 Å². The van der Waals surface area contributed by atoms with Gasteiger partial charge < -0.3 is 15.0 Å². The van der Waals surface area contributed by atoms with Crippen molar-refractivity contribution in [3.8, 4) is 0 Å². The van der Waals surface area contributed by atoms with Crippen molar-refractivity contribution in [3.63, 3.8) is 0 Å². The van der Waals surface area contributed by atoms with Crippen molar-refractivity contribution in [1.29, 1.82) is 0 Å². The lowest BCUT2D eigenvalue weighted by Gasteiger charge is -2.21. The predicted octanol–water partition coefficient (Wildman–Crippen LogP) is 4.07. The van der Waals surface area contributed by atoms with Gasteiger partial charge in [0.15, 0.2) is 0 Å². The number of fused-ring (bicyclic) bond motifs is 1. The first kappa shape index (κ1) is 20.4. The van der Waals surface area contributed by atoms with Crippen molar-refractivity contribution in [3.05, 3.63) is 66.1 Å². The first-order chi connectivity index (χ1) is 13.4. The maximum atomic E-state index is 12.6. The van der Waals surface area contributed by atoms with E-state index in [0.29, 0.717) is 18.0 Å². The average Bonchev–Trinajstić information content (AvgIpc) is 3.13. The smallest absolute Gasteiger partial charge is 0.253 e. The van der Waals surface area contributed by atoms with Crippen LogP contribution in [0.2, 0.25) is 0 Å². The molecule has 1 atom stereocenters. The lowest BCUT2D eigenvalue weighted by molar-refractivity contribution is 0.0789. The summed E-state index contributed by atoms with van der Waals surface area (Å²) < 4.78 is 2.03. The Morgan fingerprint density at radius 3 is 2.64 bits per heavy atom. The summed E-state index contributed by atoms with van der Waals surface area (Å²) in [6.07, 6.45) is 4.87. The number of carbonyl (C=O) groups excluding carboxylic acids is 1. The number of thioether (sulfide) groups is 1. The van der Waals surface area contributed by atoms with Crippen LogP contribution in [0.4, 0.5) is 0 Å². The number of pyridine rings is 1. The monoisotopic (exact) mass is 396 g/mol. The van der Waals surface area contributed by atoms with Crippen molar-refractivity contribution in [1.82, 2.24) is 14.3 Å². The molecule has 0 spiro atoms. The van der Waals surface area contributed by atoms with Gasteiger partial charge in [-0.05, 0) is 48.7 Å². The standard InChI is InChI=1S/C22H28N4OS/c1-16(2)20(23)11-13-25(3)22(27)17-7-9-19(10-8-17)28-15-18-14-26-12-5-4-6-21(26)24-18/h4-10,12,14,16,20H,11,13,15,23H2,1-3H3. The van der Waals surface area contributed by atoms with Gasteiger partial charge in [-0.2, -0.15) is 0 Å². The molecule has 0 fully saturated rings. The molecule has 0 saturated carbocycles. The van der Waals surface area contributed by atoms with E-state index in [9.17, 15) is 4.79 Å². The van der Waals surface area contributed by atoms with Gasteiger partial charge in [0.2, 0.25) is 0 Å². The first-order valence-electron chi connectivity index (χ1n) is 9.60. The molecule has 2 aromatic heterocycles. The second-order valence-corrected chi connectivity index (χ2v) is 8.48. The summed E-state index contributed by atoms with van der Waals surface area (Å²) in [4.78, 5) is 20.1. The largest absolute Gasteiger partial charge is 0.342 e. The van der Waals surface area contributed by atoms with Crippen molar-refractivity contribution >= 4 is 23.3 Å². The number of hydrogen-bond donors (Lipinski definition) is 1. The first-order valence-corrected chi connectivity index (χ1v) is 10.6. The molecule has 2 N–H and O–H groups in total. The van der Waals surface area contributed by atoms with Crippen LogP contribution in [0, 0.1) is 5.92 Å². The number of aromatic nitrogens is 2. The van der Waals surface area contributed by atoms with Crippen LogP contribution in [-0.4, -0.2) is 39.8 Å². The molecule has 0 aliphatic carbocycles. The highest BCUT2D eigenvalue weighted by Crippen LogP contribution is 2.23. The molecular weight excluding hydrogens is 368 g/mol. The highest BCUT2D eigenvalue weighted by atomic mass is 32.2. The zero-order valence-electron chi connectivity index (χ0n) is 16.7. The Bertz CT molecular complexity index is 887. The molecule has 0 bridgehead atoms. The molecular formula is C22H28N4OS. The molecule has 3 aromatic rings. The molecule has 0 radical (unpaired) electrons. The van der Waals surface area contributed by atoms with Gasteiger partial charge in [-0.1, -0.05) is 19.9 Å². The average molecular weight is 397 g/mol. The number of hydrogen-bond acceptors (Lipinski definition) is 4. The van der Waals surface area contributed by atoms with E-state index in [1.54, 1.807) is 16.7 Å². The van der Waals surface area contributed by atoms with Crippen LogP contribution in [-0.2, 0) is 5.75 Å². The van der Waals surface area contributed by atoms with Crippen LogP contribution in [0.15, 0.2) is 59.8 Å². The lowest BCUT2D eigenvalue weighted by Crippen LogP contribution is -2.34. The van der Waals surface area contributed by atoms with Gasteiger partial charge in [0, 0.05) is 48.2 Å². The van der Waals surface area contributed by atoms with Crippen LogP contribution in [0.1, 0.15) is 36.3 Å². The summed E-state index contributed by atoms with van der Waals surface area (Å²) in [6.45, 7) is 4.88. The second-order valence-electron chi connectivity index (χ2n) is 7.43. The van der Waals surface area contributed by atoms with Crippen LogP contribution in [0.5, 0.6) is 0 Å². The normalized spacial score (nSPS) is 12.5. The summed E-state index contributed by atoms with van der Waals surface area (Å²) in [5.41, 5.74) is 8.79. The minimum atomic E-state index is 0.0351. The number of benzene rings is 1. The van der Waals surface area contributed by atoms with Crippen molar-refractivity contribution < 1.29 is 4.79 Å². The third kappa shape index (κ3) is 5.14. The Balaban J connectivity index is 1.54. The third-order valence-electron chi connectivity index (χ3n) is 4.90. The number of nitrogens with two attached hydrogens (primary N) is 1. The molecule has 1 amide bonds. The van der Waals surface area contributed by atoms with Gasteiger partial charge in [0.25, 0.3) is 5.91 Å². The van der Waals surface area contributed by atoms with E-state index in [-0.39, 0.29) is 11.9 Å². The molecule has 148 valence electrons. The Morgan fingerprint density at radius 2 is 1.96 bits per heavy atom. The van der Waals surface area contributed by atoms with Gasteiger partial charge in [-0.3, -0.25) is 4.79 Å². The van der Waals surface area contributed by atoms with Gasteiger partial charge in [0.1, 0.15) is 5.65 Å². The van der Waals surface area contributed by atoms with Gasteiger partial charge in [-0.25, -0.2) is 4.98 Å². The number of rotatable bonds is 8. The number of nitrogens with zero attached hydrogens (tertiary/aromatic N) is 3. The number of imidazole rings is 1. The van der Waals surface area contributed by atoms with E-state index in [1.165, 1.54) is 0 Å². The van der Waals surface area contributed by atoms with Gasteiger partial charge in [0.05, 0.1) is 5.69 Å². The topological polar surface area (TPSA) is 63.6 Å². The fourth-order valence-corrected chi connectivity index (χ4v) is 3.69.